The number of hydrogen-bond donors (Lipinski definition) is 1. The zero-order chi connectivity index (χ0) is 17.3. The zero-order valence-corrected chi connectivity index (χ0v) is 14.9. The number of aryl methyl sites for hydroxylation is 1. The lowest BCUT2D eigenvalue weighted by Gasteiger charge is -2.40. The van der Waals surface area contributed by atoms with Crippen LogP contribution in [0.1, 0.15) is 35.1 Å². The molecule has 1 saturated heterocycles. The van der Waals surface area contributed by atoms with Crippen molar-refractivity contribution in [3.05, 3.63) is 70.8 Å². The van der Waals surface area contributed by atoms with E-state index in [4.69, 9.17) is 0 Å². The molecule has 0 saturated carbocycles. The van der Waals surface area contributed by atoms with Gasteiger partial charge in [-0.1, -0.05) is 54.1 Å². The summed E-state index contributed by atoms with van der Waals surface area (Å²) in [6.07, 6.45) is 2.77. The Hall–Kier alpha value is -2.13. The Kier molecular flexibility index (Phi) is 4.34. The second kappa shape index (κ2) is 6.64. The van der Waals surface area contributed by atoms with Crippen molar-refractivity contribution in [2.75, 3.05) is 13.1 Å². The average molecular weight is 334 g/mol. The van der Waals surface area contributed by atoms with E-state index in [9.17, 15) is 4.79 Å². The predicted octanol–water partition coefficient (Wildman–Crippen LogP) is 3.45. The van der Waals surface area contributed by atoms with Gasteiger partial charge in [0, 0.05) is 13.1 Å². The quantitative estimate of drug-likeness (QED) is 0.912. The summed E-state index contributed by atoms with van der Waals surface area (Å²) < 4.78 is 0. The first-order chi connectivity index (χ1) is 12.1. The van der Waals surface area contributed by atoms with Crippen molar-refractivity contribution in [2.24, 2.45) is 5.41 Å². The third-order valence-electron chi connectivity index (χ3n) is 5.91. The Morgan fingerprint density at radius 1 is 1.00 bits per heavy atom. The second-order valence-electron chi connectivity index (χ2n) is 7.67. The SMILES string of the molecule is Cc1ccc(CN2CCC3(CC2)Cc2ccccc2CNC3=O)cc1. The summed E-state index contributed by atoms with van der Waals surface area (Å²) in [5, 5.41) is 3.17. The van der Waals surface area contributed by atoms with Crippen LogP contribution in [0.5, 0.6) is 0 Å². The summed E-state index contributed by atoms with van der Waals surface area (Å²) in [5.74, 6) is 0.249. The monoisotopic (exact) mass is 334 g/mol. The lowest BCUT2D eigenvalue weighted by atomic mass is 9.73. The molecule has 0 radical (unpaired) electrons. The minimum atomic E-state index is -0.226. The molecule has 25 heavy (non-hydrogen) atoms. The molecule has 3 heteroatoms. The Labute approximate surface area is 150 Å². The minimum Gasteiger partial charge on any atom is -0.352 e. The van der Waals surface area contributed by atoms with Gasteiger partial charge in [0.25, 0.3) is 0 Å². The van der Waals surface area contributed by atoms with Crippen LogP contribution in [0.4, 0.5) is 0 Å². The van der Waals surface area contributed by atoms with E-state index < -0.39 is 0 Å². The van der Waals surface area contributed by atoms with Gasteiger partial charge in [-0.15, -0.1) is 0 Å². The number of fused-ring (bicyclic) bond motifs is 1. The molecule has 3 nitrogen and oxygen atoms in total. The van der Waals surface area contributed by atoms with Crippen molar-refractivity contribution in [1.29, 1.82) is 0 Å². The topological polar surface area (TPSA) is 32.3 Å². The van der Waals surface area contributed by atoms with Gasteiger partial charge in [0.05, 0.1) is 5.41 Å². The zero-order valence-electron chi connectivity index (χ0n) is 14.9. The maximum Gasteiger partial charge on any atom is 0.226 e. The van der Waals surface area contributed by atoms with E-state index in [1.807, 2.05) is 0 Å². The molecule has 2 heterocycles. The van der Waals surface area contributed by atoms with Crippen molar-refractivity contribution in [2.45, 2.75) is 39.3 Å². The Bertz CT molecular complexity index is 758. The molecule has 130 valence electrons. The van der Waals surface area contributed by atoms with Gasteiger partial charge in [0.1, 0.15) is 0 Å². The Morgan fingerprint density at radius 3 is 2.40 bits per heavy atom. The number of amides is 1. The molecule has 1 N–H and O–H groups in total. The van der Waals surface area contributed by atoms with E-state index in [1.165, 1.54) is 22.3 Å². The number of carbonyl (C=O) groups excluding carboxylic acids is 1. The van der Waals surface area contributed by atoms with Crippen LogP contribution in [0.15, 0.2) is 48.5 Å². The molecule has 2 aromatic carbocycles. The Balaban J connectivity index is 1.46. The van der Waals surface area contributed by atoms with E-state index in [2.05, 4.69) is 65.7 Å². The number of benzene rings is 2. The van der Waals surface area contributed by atoms with Crippen molar-refractivity contribution in [1.82, 2.24) is 10.2 Å². The summed E-state index contributed by atoms with van der Waals surface area (Å²) in [4.78, 5) is 15.3. The fourth-order valence-electron chi connectivity index (χ4n) is 4.20. The molecule has 0 atom stereocenters. The molecule has 2 aliphatic heterocycles. The molecule has 0 unspecified atom stereocenters. The highest BCUT2D eigenvalue weighted by Gasteiger charge is 2.42. The summed E-state index contributed by atoms with van der Waals surface area (Å²) in [6, 6.07) is 17.3. The van der Waals surface area contributed by atoms with Gasteiger partial charge in [-0.05, 0) is 56.0 Å². The van der Waals surface area contributed by atoms with Gasteiger partial charge in [-0.2, -0.15) is 0 Å². The molecule has 1 amide bonds. The van der Waals surface area contributed by atoms with Crippen LogP contribution >= 0.6 is 0 Å². The van der Waals surface area contributed by atoms with Crippen LogP contribution < -0.4 is 5.32 Å². The maximum absolute atomic E-state index is 12.8. The molecule has 1 fully saturated rings. The van der Waals surface area contributed by atoms with Crippen molar-refractivity contribution >= 4 is 5.91 Å². The first kappa shape index (κ1) is 16.3. The minimum absolute atomic E-state index is 0.226. The van der Waals surface area contributed by atoms with Crippen LogP contribution in [-0.4, -0.2) is 23.9 Å². The number of likely N-dealkylation sites (tertiary alicyclic amines) is 1. The van der Waals surface area contributed by atoms with Crippen LogP contribution in [0, 0.1) is 12.3 Å². The lowest BCUT2D eigenvalue weighted by molar-refractivity contribution is -0.133. The average Bonchev–Trinajstić information content (AvgIpc) is 2.77. The van der Waals surface area contributed by atoms with Gasteiger partial charge in [-0.25, -0.2) is 0 Å². The summed E-state index contributed by atoms with van der Waals surface area (Å²) in [6.45, 7) is 5.75. The molecule has 0 aromatic heterocycles. The molecule has 1 spiro atoms. The van der Waals surface area contributed by atoms with Gasteiger partial charge in [-0.3, -0.25) is 9.69 Å². The number of rotatable bonds is 2. The smallest absolute Gasteiger partial charge is 0.226 e. The fraction of sp³-hybridized carbons (Fsp3) is 0.409. The number of nitrogens with zero attached hydrogens (tertiary/aromatic N) is 1. The van der Waals surface area contributed by atoms with E-state index in [0.29, 0.717) is 6.54 Å². The van der Waals surface area contributed by atoms with Gasteiger partial charge < -0.3 is 5.32 Å². The molecular weight excluding hydrogens is 308 g/mol. The van der Waals surface area contributed by atoms with E-state index >= 15 is 0 Å². The van der Waals surface area contributed by atoms with Gasteiger partial charge >= 0.3 is 0 Å². The van der Waals surface area contributed by atoms with Crippen LogP contribution in [0.25, 0.3) is 0 Å². The number of carbonyl (C=O) groups is 1. The van der Waals surface area contributed by atoms with Gasteiger partial charge in [0.15, 0.2) is 0 Å². The highest BCUT2D eigenvalue weighted by Crippen LogP contribution is 2.38. The number of piperidine rings is 1. The maximum atomic E-state index is 12.8. The number of hydrogen-bond acceptors (Lipinski definition) is 2. The van der Waals surface area contributed by atoms with E-state index in [0.717, 1.165) is 38.9 Å². The summed E-state index contributed by atoms with van der Waals surface area (Å²) in [5.41, 5.74) is 5.05. The first-order valence-electron chi connectivity index (χ1n) is 9.28. The normalized spacial score (nSPS) is 20.0. The highest BCUT2D eigenvalue weighted by molar-refractivity contribution is 5.83. The Morgan fingerprint density at radius 2 is 1.68 bits per heavy atom. The third kappa shape index (κ3) is 3.34. The van der Waals surface area contributed by atoms with Gasteiger partial charge in [0.2, 0.25) is 5.91 Å². The lowest BCUT2D eigenvalue weighted by Crippen LogP contribution is -2.48. The summed E-state index contributed by atoms with van der Waals surface area (Å²) in [7, 11) is 0. The van der Waals surface area contributed by atoms with Crippen molar-refractivity contribution in [3.63, 3.8) is 0 Å². The van der Waals surface area contributed by atoms with Crippen LogP contribution in [-0.2, 0) is 24.3 Å². The molecule has 2 aliphatic rings. The van der Waals surface area contributed by atoms with Crippen molar-refractivity contribution < 1.29 is 4.79 Å². The fourth-order valence-corrected chi connectivity index (χ4v) is 4.20. The van der Waals surface area contributed by atoms with Crippen LogP contribution in [0.2, 0.25) is 0 Å². The summed E-state index contributed by atoms with van der Waals surface area (Å²) >= 11 is 0. The largest absolute Gasteiger partial charge is 0.352 e. The highest BCUT2D eigenvalue weighted by atomic mass is 16.2. The second-order valence-corrected chi connectivity index (χ2v) is 7.67. The van der Waals surface area contributed by atoms with Crippen molar-refractivity contribution in [3.8, 4) is 0 Å². The standard InChI is InChI=1S/C22H26N2O/c1-17-6-8-18(9-7-17)16-24-12-10-22(11-13-24)14-19-4-2-3-5-20(19)15-23-21(22)25/h2-9H,10-16H2,1H3,(H,23,25). The van der Waals surface area contributed by atoms with E-state index in [1.54, 1.807) is 0 Å². The van der Waals surface area contributed by atoms with Crippen LogP contribution in [0.3, 0.4) is 0 Å². The number of nitrogens with one attached hydrogen (secondary N) is 1. The molecule has 2 aromatic rings. The molecular formula is C22H26N2O. The predicted molar refractivity (Wildman–Crippen MR) is 100 cm³/mol. The van der Waals surface area contributed by atoms with E-state index in [-0.39, 0.29) is 11.3 Å². The molecule has 0 aliphatic carbocycles. The molecule has 0 bridgehead atoms. The molecule has 4 rings (SSSR count). The first-order valence-corrected chi connectivity index (χ1v) is 9.28. The third-order valence-corrected chi connectivity index (χ3v) is 5.91.